The molecular weight excluding hydrogens is 198 g/mol. The average Bonchev–Trinajstić information content (AvgIpc) is 2.67. The normalized spacial score (nSPS) is 10.1. The molecule has 0 aliphatic rings. The van der Waals surface area contributed by atoms with Crippen LogP contribution in [0.4, 0.5) is 0 Å². The van der Waals surface area contributed by atoms with Gasteiger partial charge in [0.25, 0.3) is 0 Å². The third-order valence-corrected chi connectivity index (χ3v) is 2.43. The van der Waals surface area contributed by atoms with E-state index in [-0.39, 0.29) is 5.91 Å². The minimum Gasteiger partial charge on any atom is -0.356 e. The standard InChI is InChI=1S/C9H15N3OS/c10-4-1-2-9(13)11-5-3-8-6-14-7-12-8/h6-7H,1-5,10H2,(H,11,13). The smallest absolute Gasteiger partial charge is 0.220 e. The predicted molar refractivity (Wildman–Crippen MR) is 57.1 cm³/mol. The SMILES string of the molecule is NCCCC(=O)NCCc1cscn1. The molecule has 4 nitrogen and oxygen atoms in total. The van der Waals surface area contributed by atoms with Crippen molar-refractivity contribution in [1.29, 1.82) is 0 Å². The number of hydrogen-bond donors (Lipinski definition) is 2. The van der Waals surface area contributed by atoms with Crippen molar-refractivity contribution in [2.45, 2.75) is 19.3 Å². The van der Waals surface area contributed by atoms with Gasteiger partial charge in [0.05, 0.1) is 11.2 Å². The summed E-state index contributed by atoms with van der Waals surface area (Å²) < 4.78 is 0. The Morgan fingerprint density at radius 2 is 2.50 bits per heavy atom. The van der Waals surface area contributed by atoms with Gasteiger partial charge in [0.1, 0.15) is 0 Å². The van der Waals surface area contributed by atoms with Crippen molar-refractivity contribution in [3.8, 4) is 0 Å². The number of nitrogens with two attached hydrogens (primary N) is 1. The topological polar surface area (TPSA) is 68.0 Å². The van der Waals surface area contributed by atoms with Gasteiger partial charge in [0.2, 0.25) is 5.91 Å². The van der Waals surface area contributed by atoms with Crippen molar-refractivity contribution in [3.05, 3.63) is 16.6 Å². The molecule has 0 aromatic carbocycles. The van der Waals surface area contributed by atoms with Crippen LogP contribution in [0.2, 0.25) is 0 Å². The Morgan fingerprint density at radius 1 is 1.64 bits per heavy atom. The van der Waals surface area contributed by atoms with Gasteiger partial charge < -0.3 is 11.1 Å². The number of amides is 1. The summed E-state index contributed by atoms with van der Waals surface area (Å²) in [6, 6.07) is 0. The van der Waals surface area contributed by atoms with E-state index in [9.17, 15) is 4.79 Å². The molecule has 1 amide bonds. The fraction of sp³-hybridized carbons (Fsp3) is 0.556. The van der Waals surface area contributed by atoms with Gasteiger partial charge in [-0.2, -0.15) is 0 Å². The fourth-order valence-electron chi connectivity index (χ4n) is 1.04. The molecule has 1 heterocycles. The van der Waals surface area contributed by atoms with Crippen LogP contribution >= 0.6 is 11.3 Å². The zero-order valence-electron chi connectivity index (χ0n) is 8.03. The highest BCUT2D eigenvalue weighted by Gasteiger charge is 2.00. The van der Waals surface area contributed by atoms with E-state index in [2.05, 4.69) is 10.3 Å². The third-order valence-electron chi connectivity index (χ3n) is 1.79. The van der Waals surface area contributed by atoms with Crippen LogP contribution in [0.3, 0.4) is 0 Å². The predicted octanol–water partition coefficient (Wildman–Crippen LogP) is 0.541. The highest BCUT2D eigenvalue weighted by molar-refractivity contribution is 7.07. The third kappa shape index (κ3) is 4.34. The van der Waals surface area contributed by atoms with Gasteiger partial charge in [-0.15, -0.1) is 11.3 Å². The molecule has 0 unspecified atom stereocenters. The summed E-state index contributed by atoms with van der Waals surface area (Å²) in [7, 11) is 0. The van der Waals surface area contributed by atoms with Crippen molar-refractivity contribution in [2.75, 3.05) is 13.1 Å². The molecule has 1 rings (SSSR count). The maximum absolute atomic E-state index is 11.1. The van der Waals surface area contributed by atoms with Crippen LogP contribution in [0, 0.1) is 0 Å². The summed E-state index contributed by atoms with van der Waals surface area (Å²) in [6.45, 7) is 1.23. The van der Waals surface area contributed by atoms with Crippen LogP contribution in [0.1, 0.15) is 18.5 Å². The largest absolute Gasteiger partial charge is 0.356 e. The highest BCUT2D eigenvalue weighted by Crippen LogP contribution is 2.00. The Kier molecular flexibility index (Phi) is 5.17. The van der Waals surface area contributed by atoms with Gasteiger partial charge in [-0.1, -0.05) is 0 Å². The summed E-state index contributed by atoms with van der Waals surface area (Å²) in [5, 5.41) is 4.82. The molecule has 3 N–H and O–H groups in total. The number of carbonyl (C=O) groups is 1. The van der Waals surface area contributed by atoms with E-state index in [1.54, 1.807) is 16.8 Å². The van der Waals surface area contributed by atoms with Crippen LogP contribution < -0.4 is 11.1 Å². The van der Waals surface area contributed by atoms with Crippen LogP contribution in [-0.2, 0) is 11.2 Å². The molecule has 0 saturated carbocycles. The van der Waals surface area contributed by atoms with Gasteiger partial charge in [-0.05, 0) is 13.0 Å². The molecule has 1 aromatic heterocycles. The summed E-state index contributed by atoms with van der Waals surface area (Å²) in [5.74, 6) is 0.0747. The Hall–Kier alpha value is -0.940. The first-order valence-corrected chi connectivity index (χ1v) is 5.61. The second-order valence-electron chi connectivity index (χ2n) is 2.97. The quantitative estimate of drug-likeness (QED) is 0.724. The molecule has 0 bridgehead atoms. The number of hydrogen-bond acceptors (Lipinski definition) is 4. The summed E-state index contributed by atoms with van der Waals surface area (Å²) >= 11 is 1.57. The molecule has 1 aromatic rings. The number of aromatic nitrogens is 1. The lowest BCUT2D eigenvalue weighted by Crippen LogP contribution is -2.26. The van der Waals surface area contributed by atoms with Gasteiger partial charge in [-0.25, -0.2) is 4.98 Å². The molecule has 0 aliphatic carbocycles. The molecule has 78 valence electrons. The molecule has 0 radical (unpaired) electrons. The van der Waals surface area contributed by atoms with Gasteiger partial charge in [-0.3, -0.25) is 4.79 Å². The fourth-order valence-corrected chi connectivity index (χ4v) is 1.63. The summed E-state index contributed by atoms with van der Waals surface area (Å²) in [6.07, 6.45) is 2.08. The molecular formula is C9H15N3OS. The monoisotopic (exact) mass is 213 g/mol. The molecule has 0 aliphatic heterocycles. The minimum atomic E-state index is 0.0747. The van der Waals surface area contributed by atoms with Crippen LogP contribution in [0.5, 0.6) is 0 Å². The van der Waals surface area contributed by atoms with E-state index in [0.29, 0.717) is 19.5 Å². The molecule has 0 fully saturated rings. The Bertz CT molecular complexity index is 261. The number of thiazole rings is 1. The molecule has 14 heavy (non-hydrogen) atoms. The zero-order valence-corrected chi connectivity index (χ0v) is 8.85. The van der Waals surface area contributed by atoms with Crippen LogP contribution in [0.25, 0.3) is 0 Å². The lowest BCUT2D eigenvalue weighted by Gasteiger charge is -2.02. The minimum absolute atomic E-state index is 0.0747. The van der Waals surface area contributed by atoms with E-state index in [4.69, 9.17) is 5.73 Å². The van der Waals surface area contributed by atoms with E-state index >= 15 is 0 Å². The number of carbonyl (C=O) groups excluding carboxylic acids is 1. The molecule has 0 spiro atoms. The van der Waals surface area contributed by atoms with E-state index in [0.717, 1.165) is 18.5 Å². The molecule has 0 atom stereocenters. The van der Waals surface area contributed by atoms with Crippen molar-refractivity contribution in [2.24, 2.45) is 5.73 Å². The van der Waals surface area contributed by atoms with Gasteiger partial charge in [0.15, 0.2) is 0 Å². The van der Waals surface area contributed by atoms with E-state index in [1.165, 1.54) is 0 Å². The maximum Gasteiger partial charge on any atom is 0.220 e. The first-order valence-electron chi connectivity index (χ1n) is 4.66. The van der Waals surface area contributed by atoms with E-state index in [1.807, 2.05) is 5.38 Å². The average molecular weight is 213 g/mol. The van der Waals surface area contributed by atoms with Gasteiger partial charge in [0, 0.05) is 24.8 Å². The second kappa shape index (κ2) is 6.50. The maximum atomic E-state index is 11.1. The summed E-state index contributed by atoms with van der Waals surface area (Å²) in [4.78, 5) is 15.3. The zero-order chi connectivity index (χ0) is 10.2. The lowest BCUT2D eigenvalue weighted by atomic mass is 10.3. The number of nitrogens with one attached hydrogen (secondary N) is 1. The van der Waals surface area contributed by atoms with Crippen molar-refractivity contribution < 1.29 is 4.79 Å². The van der Waals surface area contributed by atoms with Gasteiger partial charge >= 0.3 is 0 Å². The Labute approximate surface area is 87.5 Å². The lowest BCUT2D eigenvalue weighted by molar-refractivity contribution is -0.121. The highest BCUT2D eigenvalue weighted by atomic mass is 32.1. The first-order chi connectivity index (χ1) is 6.83. The Morgan fingerprint density at radius 3 is 3.14 bits per heavy atom. The second-order valence-corrected chi connectivity index (χ2v) is 3.69. The van der Waals surface area contributed by atoms with Crippen molar-refractivity contribution in [3.63, 3.8) is 0 Å². The number of nitrogens with zero attached hydrogens (tertiary/aromatic N) is 1. The molecule has 5 heteroatoms. The van der Waals surface area contributed by atoms with Crippen LogP contribution in [-0.4, -0.2) is 24.0 Å². The van der Waals surface area contributed by atoms with E-state index < -0.39 is 0 Å². The summed E-state index contributed by atoms with van der Waals surface area (Å²) in [5.41, 5.74) is 8.13. The van der Waals surface area contributed by atoms with Crippen molar-refractivity contribution >= 4 is 17.2 Å². The molecule has 0 saturated heterocycles. The first kappa shape index (κ1) is 11.1. The Balaban J connectivity index is 2.06. The van der Waals surface area contributed by atoms with Crippen molar-refractivity contribution in [1.82, 2.24) is 10.3 Å². The van der Waals surface area contributed by atoms with Crippen LogP contribution in [0.15, 0.2) is 10.9 Å². The number of rotatable bonds is 6.